The third-order valence-corrected chi connectivity index (χ3v) is 5.71. The minimum Gasteiger partial charge on any atom is -1.00 e. The number of hydrogen-bond acceptors (Lipinski definition) is 2. The van der Waals surface area contributed by atoms with Crippen molar-refractivity contribution in [1.29, 1.82) is 0 Å². The van der Waals surface area contributed by atoms with Crippen molar-refractivity contribution in [3.05, 3.63) is 109 Å². The van der Waals surface area contributed by atoms with Crippen LogP contribution in [-0.4, -0.2) is 0 Å². The first kappa shape index (κ1) is 26.8. The van der Waals surface area contributed by atoms with E-state index < -0.39 is 0 Å². The van der Waals surface area contributed by atoms with E-state index in [1.54, 1.807) is 12.5 Å². The van der Waals surface area contributed by atoms with Gasteiger partial charge in [0.1, 0.15) is 0 Å². The molecule has 0 aliphatic rings. The van der Waals surface area contributed by atoms with E-state index >= 15 is 0 Å². The standard InChI is InChI=1S/2C14H11O.2ClH.Ti/c2*1-10-12-6-3-2-5-11(12)9-13(10)14-7-4-8-15-14;;;/h2*2-9H,1H3;2*1H;/q2*-1;;;+4/p-2. The average molecular weight is 509 g/mol. The van der Waals surface area contributed by atoms with Gasteiger partial charge in [-0.3, -0.25) is 0 Å². The van der Waals surface area contributed by atoms with Crippen LogP contribution in [0.4, 0.5) is 0 Å². The Balaban J connectivity index is 0.000000214. The molecule has 2 heterocycles. The maximum absolute atomic E-state index is 5.43. The van der Waals surface area contributed by atoms with Crippen LogP contribution in [0.5, 0.6) is 0 Å². The molecule has 0 atom stereocenters. The van der Waals surface area contributed by atoms with Crippen molar-refractivity contribution >= 4 is 21.5 Å². The predicted octanol–water partition coefficient (Wildman–Crippen LogP) is 2.26. The maximum atomic E-state index is 5.43. The van der Waals surface area contributed by atoms with E-state index in [1.165, 1.54) is 43.8 Å². The molecule has 0 aliphatic heterocycles. The Morgan fingerprint density at radius 2 is 0.939 bits per heavy atom. The van der Waals surface area contributed by atoms with Gasteiger partial charge in [-0.15, -0.1) is 56.9 Å². The first-order chi connectivity index (χ1) is 14.7. The molecule has 5 heteroatoms. The van der Waals surface area contributed by atoms with Crippen molar-refractivity contribution < 1.29 is 55.4 Å². The summed E-state index contributed by atoms with van der Waals surface area (Å²) in [6.07, 6.45) is 3.43. The van der Waals surface area contributed by atoms with Crippen LogP contribution >= 0.6 is 0 Å². The molecule has 0 spiro atoms. The van der Waals surface area contributed by atoms with Crippen LogP contribution in [0, 0.1) is 13.8 Å². The Hall–Kier alpha value is -2.49. The van der Waals surface area contributed by atoms with Gasteiger partial charge in [0.15, 0.2) is 0 Å². The number of aryl methyl sites for hydroxylation is 2. The zero-order chi connectivity index (χ0) is 20.5. The summed E-state index contributed by atoms with van der Waals surface area (Å²) in [7, 11) is 0. The zero-order valence-electron chi connectivity index (χ0n) is 18.3. The number of hydrogen-bond donors (Lipinski definition) is 0. The second-order valence-electron chi connectivity index (χ2n) is 7.50. The average Bonchev–Trinajstić information content (AvgIpc) is 3.56. The number of fused-ring (bicyclic) bond motifs is 2. The third-order valence-electron chi connectivity index (χ3n) is 5.71. The molecule has 0 aliphatic carbocycles. The zero-order valence-corrected chi connectivity index (χ0v) is 21.4. The molecular weight excluding hydrogens is 487 g/mol. The second-order valence-corrected chi connectivity index (χ2v) is 7.50. The Labute approximate surface area is 221 Å². The van der Waals surface area contributed by atoms with Crippen LogP contribution in [0.15, 0.2) is 106 Å². The van der Waals surface area contributed by atoms with Gasteiger partial charge in [0.25, 0.3) is 0 Å². The summed E-state index contributed by atoms with van der Waals surface area (Å²) in [5, 5.41) is 5.18. The minimum absolute atomic E-state index is 0. The number of furan rings is 2. The van der Waals surface area contributed by atoms with Crippen molar-refractivity contribution in [1.82, 2.24) is 0 Å². The molecule has 164 valence electrons. The van der Waals surface area contributed by atoms with Crippen LogP contribution in [0.1, 0.15) is 11.1 Å². The van der Waals surface area contributed by atoms with Gasteiger partial charge in [-0.25, -0.2) is 0 Å². The van der Waals surface area contributed by atoms with Crippen LogP contribution in [-0.2, 0) is 21.7 Å². The Morgan fingerprint density at radius 3 is 1.27 bits per heavy atom. The van der Waals surface area contributed by atoms with Crippen LogP contribution in [0.2, 0.25) is 0 Å². The van der Waals surface area contributed by atoms with Crippen LogP contribution in [0.3, 0.4) is 0 Å². The van der Waals surface area contributed by atoms with E-state index in [2.05, 4.69) is 74.5 Å². The van der Waals surface area contributed by atoms with Gasteiger partial charge in [-0.05, 0) is 12.1 Å². The molecule has 6 aromatic rings. The molecule has 0 amide bonds. The van der Waals surface area contributed by atoms with Gasteiger partial charge in [0, 0.05) is 0 Å². The molecule has 0 bridgehead atoms. The number of rotatable bonds is 2. The van der Waals surface area contributed by atoms with Crippen LogP contribution < -0.4 is 24.8 Å². The smallest absolute Gasteiger partial charge is 1.00 e. The first-order valence-corrected chi connectivity index (χ1v) is 10.1. The number of benzene rings is 2. The van der Waals surface area contributed by atoms with Crippen molar-refractivity contribution in [3.8, 4) is 22.6 Å². The summed E-state index contributed by atoms with van der Waals surface area (Å²) in [5.74, 6) is 1.90. The fourth-order valence-electron chi connectivity index (χ4n) is 4.12. The molecule has 6 rings (SSSR count). The molecule has 0 saturated heterocycles. The van der Waals surface area contributed by atoms with Crippen molar-refractivity contribution in [2.45, 2.75) is 13.8 Å². The van der Waals surface area contributed by atoms with Gasteiger partial charge in [-0.1, -0.05) is 73.5 Å². The fourth-order valence-corrected chi connectivity index (χ4v) is 4.12. The summed E-state index contributed by atoms with van der Waals surface area (Å²) in [6, 6.07) is 29.1. The monoisotopic (exact) mass is 508 g/mol. The van der Waals surface area contributed by atoms with Crippen molar-refractivity contribution in [2.75, 3.05) is 0 Å². The largest absolute Gasteiger partial charge is 4.00 e. The van der Waals surface area contributed by atoms with Crippen molar-refractivity contribution in [2.24, 2.45) is 0 Å². The molecule has 0 fully saturated rings. The topological polar surface area (TPSA) is 26.3 Å². The summed E-state index contributed by atoms with van der Waals surface area (Å²) >= 11 is 0. The second kappa shape index (κ2) is 11.6. The molecular formula is C28H22Cl2O2Ti. The van der Waals surface area contributed by atoms with E-state index in [0.717, 1.165) is 11.5 Å². The fraction of sp³-hybridized carbons (Fsp3) is 0.0714. The van der Waals surface area contributed by atoms with Gasteiger partial charge in [0.05, 0.1) is 24.0 Å². The van der Waals surface area contributed by atoms with E-state index in [0.29, 0.717) is 0 Å². The van der Waals surface area contributed by atoms with Gasteiger partial charge in [0.2, 0.25) is 0 Å². The molecule has 2 nitrogen and oxygen atoms in total. The third kappa shape index (κ3) is 5.21. The van der Waals surface area contributed by atoms with E-state index in [1.807, 2.05) is 24.3 Å². The van der Waals surface area contributed by atoms with Gasteiger partial charge < -0.3 is 33.6 Å². The van der Waals surface area contributed by atoms with E-state index in [4.69, 9.17) is 8.83 Å². The maximum Gasteiger partial charge on any atom is 4.00 e. The number of halogens is 2. The Bertz CT molecular complexity index is 1300. The van der Waals surface area contributed by atoms with Crippen molar-refractivity contribution in [3.63, 3.8) is 0 Å². The van der Waals surface area contributed by atoms with Gasteiger partial charge >= 0.3 is 21.7 Å². The van der Waals surface area contributed by atoms with E-state index in [-0.39, 0.29) is 46.5 Å². The van der Waals surface area contributed by atoms with Gasteiger partial charge in [-0.2, -0.15) is 0 Å². The normalized spacial score (nSPS) is 10.0. The Morgan fingerprint density at radius 1 is 0.545 bits per heavy atom. The molecule has 2 aromatic heterocycles. The minimum atomic E-state index is 0. The molecule has 0 radical (unpaired) electrons. The van der Waals surface area contributed by atoms with Crippen LogP contribution in [0.25, 0.3) is 44.2 Å². The molecule has 0 unspecified atom stereocenters. The molecule has 4 aromatic carbocycles. The molecule has 0 N–H and O–H groups in total. The predicted molar refractivity (Wildman–Crippen MR) is 124 cm³/mol. The van der Waals surface area contributed by atoms with E-state index in [9.17, 15) is 0 Å². The molecule has 33 heavy (non-hydrogen) atoms. The Kier molecular flexibility index (Phi) is 9.40. The summed E-state index contributed by atoms with van der Waals surface area (Å²) < 4.78 is 10.9. The molecule has 0 saturated carbocycles. The quantitative estimate of drug-likeness (QED) is 0.265. The summed E-state index contributed by atoms with van der Waals surface area (Å²) in [4.78, 5) is 0. The first-order valence-electron chi connectivity index (χ1n) is 10.1. The SMILES string of the molecule is C[c-]1c(-c2ccco2)cc2ccccc21.C[c-]1c(-c2ccco2)cc2ccccc21.[Cl-].[Cl-].[Ti+4]. The summed E-state index contributed by atoms with van der Waals surface area (Å²) in [6.45, 7) is 4.28. The summed E-state index contributed by atoms with van der Waals surface area (Å²) in [5.41, 5.74) is 4.98.